The number of aryl methyl sites for hydroxylation is 1. The molecule has 0 saturated heterocycles. The summed E-state index contributed by atoms with van der Waals surface area (Å²) in [6.07, 6.45) is 3.38. The van der Waals surface area contributed by atoms with Crippen LogP contribution < -0.4 is 4.74 Å². The van der Waals surface area contributed by atoms with Gasteiger partial charge in [0.1, 0.15) is 34.5 Å². The zero-order valence-electron chi connectivity index (χ0n) is 52.3. The summed E-state index contributed by atoms with van der Waals surface area (Å²) in [4.78, 5) is 0. The second-order valence-electron chi connectivity index (χ2n) is 29.8. The standard InChI is InChI=1S/C75H94O6/c1-70(2,3)58-33-46-27-48-35-59(71(4,5)6)37-50(65(48)77)29-52-39-61(73(10,11)12)41-54(67(52)79)31-56-43-63(75(16,17)18)44-57(69(56)81-26-22-25-45-23-20-19-21-24-45)32-55-42-62(74(13,14)15)40-53(68(55)80)30-51-38-60(72(7,8)9)36-49(66(51)78)28-47(34-58)64(46)76/h19-21,23-24,33-44,76-80H,22,25-32H2,1-18H3. The molecule has 8 rings (SSSR count). The number of ether oxygens (including phenoxy) is 1. The largest absolute Gasteiger partial charge is 0.507 e. The summed E-state index contributed by atoms with van der Waals surface area (Å²) in [6, 6.07) is 35.9. The molecule has 1 aliphatic carbocycles. The highest BCUT2D eigenvalue weighted by Crippen LogP contribution is 2.45. The van der Waals surface area contributed by atoms with E-state index in [1.165, 1.54) is 5.56 Å². The molecule has 0 amide bonds. The van der Waals surface area contributed by atoms with Crippen molar-refractivity contribution in [2.75, 3.05) is 6.61 Å². The van der Waals surface area contributed by atoms with Crippen molar-refractivity contribution in [2.24, 2.45) is 0 Å². The van der Waals surface area contributed by atoms with Crippen molar-refractivity contribution in [2.45, 2.75) is 208 Å². The van der Waals surface area contributed by atoms with Crippen molar-refractivity contribution in [3.8, 4) is 34.5 Å². The first-order chi connectivity index (χ1) is 37.4. The lowest BCUT2D eigenvalue weighted by Gasteiger charge is -2.27. The van der Waals surface area contributed by atoms with Crippen molar-refractivity contribution in [1.29, 1.82) is 0 Å². The minimum Gasteiger partial charge on any atom is -0.507 e. The Morgan fingerprint density at radius 3 is 0.704 bits per heavy atom. The van der Waals surface area contributed by atoms with Crippen LogP contribution in [-0.2, 0) is 77.4 Å². The lowest BCUT2D eigenvalue weighted by Crippen LogP contribution is -2.16. The molecule has 7 aromatic carbocycles. The van der Waals surface area contributed by atoms with Crippen molar-refractivity contribution >= 4 is 0 Å². The van der Waals surface area contributed by atoms with Gasteiger partial charge in [-0.2, -0.15) is 0 Å². The van der Waals surface area contributed by atoms with Crippen LogP contribution in [0, 0.1) is 0 Å². The Hall–Kier alpha value is -6.66. The molecule has 430 valence electrons. The van der Waals surface area contributed by atoms with E-state index in [1.807, 2.05) is 6.07 Å². The average molecular weight is 1090 g/mol. The Labute approximate surface area is 486 Å². The second-order valence-corrected chi connectivity index (χ2v) is 29.8. The Morgan fingerprint density at radius 2 is 0.494 bits per heavy atom. The van der Waals surface area contributed by atoms with Gasteiger partial charge < -0.3 is 30.3 Å². The van der Waals surface area contributed by atoms with Gasteiger partial charge in [-0.15, -0.1) is 0 Å². The molecule has 0 spiro atoms. The van der Waals surface area contributed by atoms with Gasteiger partial charge in [-0.3, -0.25) is 0 Å². The lowest BCUT2D eigenvalue weighted by molar-refractivity contribution is 0.305. The molecule has 81 heavy (non-hydrogen) atoms. The van der Waals surface area contributed by atoms with Crippen LogP contribution in [0.4, 0.5) is 0 Å². The Kier molecular flexibility index (Phi) is 16.6. The van der Waals surface area contributed by atoms with Crippen LogP contribution in [0.1, 0.15) is 237 Å². The van der Waals surface area contributed by atoms with E-state index < -0.39 is 0 Å². The first kappa shape index (κ1) is 60.4. The van der Waals surface area contributed by atoms with Crippen molar-refractivity contribution in [3.63, 3.8) is 0 Å². The number of aromatic hydroxyl groups is 5. The molecule has 0 fully saturated rings. The van der Waals surface area contributed by atoms with E-state index in [-0.39, 0.29) is 86.9 Å². The maximum absolute atomic E-state index is 12.9. The molecule has 0 aliphatic heterocycles. The first-order valence-corrected chi connectivity index (χ1v) is 29.5. The molecule has 0 aromatic heterocycles. The van der Waals surface area contributed by atoms with Crippen LogP contribution in [0.5, 0.6) is 34.5 Å². The van der Waals surface area contributed by atoms with Gasteiger partial charge in [-0.05, 0) is 151 Å². The Bertz CT molecular complexity index is 3270. The normalized spacial score (nSPS) is 13.9. The molecular weight excluding hydrogens is 997 g/mol. The van der Waals surface area contributed by atoms with E-state index in [0.717, 1.165) is 74.2 Å². The number of benzene rings is 7. The number of phenols is 5. The van der Waals surface area contributed by atoms with Crippen LogP contribution in [0.2, 0.25) is 0 Å². The van der Waals surface area contributed by atoms with Gasteiger partial charge in [0.05, 0.1) is 6.61 Å². The minimum atomic E-state index is -0.300. The molecule has 0 atom stereocenters. The highest BCUT2D eigenvalue weighted by Gasteiger charge is 2.30. The zero-order chi connectivity index (χ0) is 59.5. The van der Waals surface area contributed by atoms with Crippen molar-refractivity contribution in [3.05, 3.63) is 209 Å². The summed E-state index contributed by atoms with van der Waals surface area (Å²) in [7, 11) is 0. The topological polar surface area (TPSA) is 110 Å². The highest BCUT2D eigenvalue weighted by molar-refractivity contribution is 5.61. The molecule has 6 heteroatoms. The van der Waals surface area contributed by atoms with Gasteiger partial charge >= 0.3 is 0 Å². The third-order valence-corrected chi connectivity index (χ3v) is 16.8. The summed E-state index contributed by atoms with van der Waals surface area (Å²) >= 11 is 0. The zero-order valence-corrected chi connectivity index (χ0v) is 52.3. The Morgan fingerprint density at radius 1 is 0.296 bits per heavy atom. The summed E-state index contributed by atoms with van der Waals surface area (Å²) in [5, 5.41) is 63.6. The molecule has 12 bridgehead atoms. The maximum Gasteiger partial charge on any atom is 0.126 e. The van der Waals surface area contributed by atoms with Gasteiger partial charge in [0.2, 0.25) is 0 Å². The number of fused-ring (bicyclic) bond motifs is 12. The van der Waals surface area contributed by atoms with E-state index in [2.05, 4.69) is 222 Å². The monoisotopic (exact) mass is 1090 g/mol. The predicted molar refractivity (Wildman–Crippen MR) is 336 cm³/mol. The lowest BCUT2D eigenvalue weighted by atomic mass is 9.79. The molecule has 5 N–H and O–H groups in total. The van der Waals surface area contributed by atoms with Crippen LogP contribution in [0.3, 0.4) is 0 Å². The van der Waals surface area contributed by atoms with Gasteiger partial charge in [0, 0.05) is 38.5 Å². The van der Waals surface area contributed by atoms with Gasteiger partial charge in [-0.25, -0.2) is 0 Å². The van der Waals surface area contributed by atoms with Crippen LogP contribution in [-0.4, -0.2) is 32.1 Å². The van der Waals surface area contributed by atoms with Crippen molar-refractivity contribution < 1.29 is 30.3 Å². The third kappa shape index (κ3) is 13.8. The summed E-state index contributed by atoms with van der Waals surface area (Å²) in [6.45, 7) is 39.8. The quantitative estimate of drug-likeness (QED) is 0.110. The molecule has 0 heterocycles. The van der Waals surface area contributed by atoms with Gasteiger partial charge in [0.15, 0.2) is 0 Å². The Balaban J connectivity index is 1.45. The molecule has 0 radical (unpaired) electrons. The fourth-order valence-electron chi connectivity index (χ4n) is 11.3. The summed E-state index contributed by atoms with van der Waals surface area (Å²) in [5.41, 5.74) is 14.8. The number of phenolic OH excluding ortho intramolecular Hbond substituents is 5. The SMILES string of the molecule is CC(C)(C)c1cc2c(O)c(c1)Cc1cc(C(C)(C)C)cc(c1O)Cc1cc(C(C)(C)C)cc(c1O)Cc1cc(C(C)(C)C)cc(c1OCCCc1ccccc1)Cc1cc(C(C)(C)C)cc(c1O)Cc1cc(C(C)(C)C)cc(c1O)C2. The third-order valence-electron chi connectivity index (χ3n) is 16.8. The van der Waals surface area contributed by atoms with Crippen LogP contribution in [0.25, 0.3) is 0 Å². The van der Waals surface area contributed by atoms with E-state index in [1.54, 1.807) is 0 Å². The predicted octanol–water partition coefficient (Wildman–Crippen LogP) is 17.9. The molecule has 0 unspecified atom stereocenters. The number of rotatable bonds is 5. The fourth-order valence-corrected chi connectivity index (χ4v) is 11.3. The van der Waals surface area contributed by atoms with Crippen molar-refractivity contribution in [1.82, 2.24) is 0 Å². The van der Waals surface area contributed by atoms with E-state index in [9.17, 15) is 25.5 Å². The van der Waals surface area contributed by atoms with Crippen LogP contribution in [0.15, 0.2) is 103 Å². The number of hydrogen-bond donors (Lipinski definition) is 5. The maximum atomic E-state index is 12.9. The molecular formula is C75H94O6. The highest BCUT2D eigenvalue weighted by atomic mass is 16.5. The first-order valence-electron chi connectivity index (χ1n) is 29.5. The molecule has 0 saturated carbocycles. The average Bonchev–Trinajstić information content (AvgIpc) is 3.35. The smallest absolute Gasteiger partial charge is 0.126 e. The molecule has 6 nitrogen and oxygen atoms in total. The van der Waals surface area contributed by atoms with E-state index in [0.29, 0.717) is 64.0 Å². The molecule has 1 aliphatic rings. The second kappa shape index (κ2) is 22.2. The summed E-state index contributed by atoms with van der Waals surface area (Å²) in [5.74, 6) is 1.50. The molecule has 7 aromatic rings. The van der Waals surface area contributed by atoms with Gasteiger partial charge in [-0.1, -0.05) is 228 Å². The number of hydrogen-bond acceptors (Lipinski definition) is 6. The van der Waals surface area contributed by atoms with Crippen LogP contribution >= 0.6 is 0 Å². The van der Waals surface area contributed by atoms with E-state index >= 15 is 0 Å². The van der Waals surface area contributed by atoms with E-state index in [4.69, 9.17) is 4.74 Å². The summed E-state index contributed by atoms with van der Waals surface area (Å²) < 4.78 is 7.12. The fraction of sp³-hybridized carbons (Fsp3) is 0.440. The van der Waals surface area contributed by atoms with Gasteiger partial charge in [0.25, 0.3) is 0 Å². The minimum absolute atomic E-state index is 0.124.